The highest BCUT2D eigenvalue weighted by Gasteiger charge is 2.26. The standard InChI is InChI=1S/C19H21N5O/c1-22(19(25)17-12-18-20-9-5-10-24(18)21-17)13-15-8-11-23(14-15)16-6-3-2-4-7-16/h2-7,9-10,12,15H,8,11,13-14H2,1H3/t15-/m1/s1. The Kier molecular flexibility index (Phi) is 4.09. The number of aromatic nitrogens is 3. The molecule has 0 aliphatic carbocycles. The Morgan fingerprint density at radius 2 is 2.12 bits per heavy atom. The number of amides is 1. The van der Waals surface area contributed by atoms with E-state index in [9.17, 15) is 4.79 Å². The molecule has 0 unspecified atom stereocenters. The molecule has 1 fully saturated rings. The first-order valence-electron chi connectivity index (χ1n) is 8.56. The highest BCUT2D eigenvalue weighted by Crippen LogP contribution is 2.24. The summed E-state index contributed by atoms with van der Waals surface area (Å²) in [4.78, 5) is 21.0. The van der Waals surface area contributed by atoms with Gasteiger partial charge in [-0.25, -0.2) is 9.50 Å². The second kappa shape index (κ2) is 6.55. The Balaban J connectivity index is 1.40. The third-order valence-electron chi connectivity index (χ3n) is 4.74. The Hall–Kier alpha value is -2.89. The first-order valence-corrected chi connectivity index (χ1v) is 8.56. The molecule has 1 saturated heterocycles. The van der Waals surface area contributed by atoms with Crippen molar-refractivity contribution in [2.24, 2.45) is 5.92 Å². The van der Waals surface area contributed by atoms with E-state index in [0.29, 0.717) is 17.3 Å². The van der Waals surface area contributed by atoms with E-state index in [1.54, 1.807) is 33.9 Å². The van der Waals surface area contributed by atoms with Crippen LogP contribution in [-0.2, 0) is 0 Å². The van der Waals surface area contributed by atoms with Crippen LogP contribution in [0.25, 0.3) is 5.65 Å². The zero-order valence-electron chi connectivity index (χ0n) is 14.2. The van der Waals surface area contributed by atoms with Crippen LogP contribution < -0.4 is 4.90 Å². The maximum absolute atomic E-state index is 12.7. The van der Waals surface area contributed by atoms with Crippen LogP contribution in [0.5, 0.6) is 0 Å². The highest BCUT2D eigenvalue weighted by atomic mass is 16.2. The zero-order valence-corrected chi connectivity index (χ0v) is 14.2. The average molecular weight is 335 g/mol. The maximum atomic E-state index is 12.7. The Labute approximate surface area is 146 Å². The number of rotatable bonds is 4. The van der Waals surface area contributed by atoms with Crippen molar-refractivity contribution in [1.29, 1.82) is 0 Å². The van der Waals surface area contributed by atoms with Crippen molar-refractivity contribution >= 4 is 17.2 Å². The van der Waals surface area contributed by atoms with Gasteiger partial charge in [-0.3, -0.25) is 4.79 Å². The van der Waals surface area contributed by atoms with Crippen LogP contribution >= 0.6 is 0 Å². The molecule has 3 aromatic rings. The molecule has 25 heavy (non-hydrogen) atoms. The van der Waals surface area contributed by atoms with Gasteiger partial charge in [0.05, 0.1) is 0 Å². The summed E-state index contributed by atoms with van der Waals surface area (Å²) >= 11 is 0. The van der Waals surface area contributed by atoms with Crippen LogP contribution in [0.4, 0.5) is 5.69 Å². The third kappa shape index (κ3) is 3.20. The number of hydrogen-bond donors (Lipinski definition) is 0. The van der Waals surface area contributed by atoms with Gasteiger partial charge >= 0.3 is 0 Å². The van der Waals surface area contributed by atoms with E-state index in [2.05, 4.69) is 39.2 Å². The zero-order chi connectivity index (χ0) is 17.2. The minimum atomic E-state index is -0.0522. The molecular weight excluding hydrogens is 314 g/mol. The minimum Gasteiger partial charge on any atom is -0.371 e. The second-order valence-corrected chi connectivity index (χ2v) is 6.57. The summed E-state index contributed by atoms with van der Waals surface area (Å²) in [7, 11) is 1.85. The summed E-state index contributed by atoms with van der Waals surface area (Å²) in [6.45, 7) is 2.76. The fraction of sp³-hybridized carbons (Fsp3) is 0.316. The second-order valence-electron chi connectivity index (χ2n) is 6.57. The molecule has 0 radical (unpaired) electrons. The largest absolute Gasteiger partial charge is 0.371 e. The minimum absolute atomic E-state index is 0.0522. The van der Waals surface area contributed by atoms with Crippen LogP contribution in [0.2, 0.25) is 0 Å². The van der Waals surface area contributed by atoms with Gasteiger partial charge in [-0.15, -0.1) is 0 Å². The molecule has 3 heterocycles. The molecule has 0 bridgehead atoms. The number of carbonyl (C=O) groups excluding carboxylic acids is 1. The van der Waals surface area contributed by atoms with Gasteiger partial charge in [0.25, 0.3) is 5.91 Å². The number of hydrogen-bond acceptors (Lipinski definition) is 4. The molecule has 1 atom stereocenters. The fourth-order valence-corrected chi connectivity index (χ4v) is 3.46. The molecule has 128 valence electrons. The fourth-order valence-electron chi connectivity index (χ4n) is 3.46. The Morgan fingerprint density at radius 3 is 2.92 bits per heavy atom. The summed E-state index contributed by atoms with van der Waals surface area (Å²) in [5.41, 5.74) is 2.39. The summed E-state index contributed by atoms with van der Waals surface area (Å²) in [6.07, 6.45) is 4.60. The number of carbonyl (C=O) groups is 1. The van der Waals surface area contributed by atoms with Crippen LogP contribution in [0.3, 0.4) is 0 Å². The van der Waals surface area contributed by atoms with Crippen molar-refractivity contribution < 1.29 is 4.79 Å². The van der Waals surface area contributed by atoms with E-state index < -0.39 is 0 Å². The number of benzene rings is 1. The van der Waals surface area contributed by atoms with E-state index >= 15 is 0 Å². The Morgan fingerprint density at radius 1 is 1.28 bits per heavy atom. The normalized spacial score (nSPS) is 17.2. The number of anilines is 1. The first-order chi connectivity index (χ1) is 12.2. The van der Waals surface area contributed by atoms with Crippen molar-refractivity contribution in [1.82, 2.24) is 19.5 Å². The van der Waals surface area contributed by atoms with Crippen molar-refractivity contribution in [3.8, 4) is 0 Å². The van der Waals surface area contributed by atoms with Gasteiger partial charge in [0.1, 0.15) is 0 Å². The molecule has 6 nitrogen and oxygen atoms in total. The summed E-state index contributed by atoms with van der Waals surface area (Å²) < 4.78 is 1.63. The van der Waals surface area contributed by atoms with Gasteiger partial charge in [-0.05, 0) is 30.5 Å². The quantitative estimate of drug-likeness (QED) is 0.734. The number of nitrogens with zero attached hydrogens (tertiary/aromatic N) is 5. The van der Waals surface area contributed by atoms with Crippen LogP contribution in [0.15, 0.2) is 54.9 Å². The van der Waals surface area contributed by atoms with Gasteiger partial charge in [0, 0.05) is 50.8 Å². The number of para-hydroxylation sites is 1. The van der Waals surface area contributed by atoms with Crippen LogP contribution in [0.1, 0.15) is 16.9 Å². The van der Waals surface area contributed by atoms with Crippen molar-refractivity contribution in [2.45, 2.75) is 6.42 Å². The smallest absolute Gasteiger partial charge is 0.274 e. The van der Waals surface area contributed by atoms with E-state index in [0.717, 1.165) is 26.1 Å². The lowest BCUT2D eigenvalue weighted by atomic mass is 10.1. The van der Waals surface area contributed by atoms with Gasteiger partial charge in [-0.1, -0.05) is 18.2 Å². The predicted octanol–water partition coefficient (Wildman–Crippen LogP) is 2.33. The van der Waals surface area contributed by atoms with E-state index in [-0.39, 0.29) is 5.91 Å². The molecule has 0 saturated carbocycles. The maximum Gasteiger partial charge on any atom is 0.274 e. The SMILES string of the molecule is CN(C[C@H]1CCN(c2ccccc2)C1)C(=O)c1cc2ncccn2n1. The molecule has 0 spiro atoms. The van der Waals surface area contributed by atoms with Crippen LogP contribution in [-0.4, -0.2) is 52.1 Å². The molecule has 1 aliphatic rings. The molecular formula is C19H21N5O. The lowest BCUT2D eigenvalue weighted by molar-refractivity contribution is 0.0770. The average Bonchev–Trinajstić information content (AvgIpc) is 3.28. The van der Waals surface area contributed by atoms with E-state index in [1.165, 1.54) is 5.69 Å². The molecule has 1 amide bonds. The predicted molar refractivity (Wildman–Crippen MR) is 96.7 cm³/mol. The van der Waals surface area contributed by atoms with Crippen LogP contribution in [0, 0.1) is 5.92 Å². The highest BCUT2D eigenvalue weighted by molar-refractivity contribution is 5.93. The number of fused-ring (bicyclic) bond motifs is 1. The van der Waals surface area contributed by atoms with E-state index in [1.807, 2.05) is 13.1 Å². The lowest BCUT2D eigenvalue weighted by Gasteiger charge is -2.22. The van der Waals surface area contributed by atoms with Gasteiger partial charge in [0.2, 0.25) is 0 Å². The van der Waals surface area contributed by atoms with Gasteiger partial charge in [-0.2, -0.15) is 5.10 Å². The summed E-state index contributed by atoms with van der Waals surface area (Å²) in [6, 6.07) is 14.0. The monoisotopic (exact) mass is 335 g/mol. The summed E-state index contributed by atoms with van der Waals surface area (Å²) in [5, 5.41) is 4.32. The lowest BCUT2D eigenvalue weighted by Crippen LogP contribution is -2.33. The molecule has 0 N–H and O–H groups in total. The molecule has 2 aromatic heterocycles. The molecule has 1 aromatic carbocycles. The first kappa shape index (κ1) is 15.6. The topological polar surface area (TPSA) is 53.7 Å². The molecule has 4 rings (SSSR count). The third-order valence-corrected chi connectivity index (χ3v) is 4.74. The molecule has 1 aliphatic heterocycles. The van der Waals surface area contributed by atoms with Crippen molar-refractivity contribution in [2.75, 3.05) is 31.6 Å². The molecule has 6 heteroatoms. The van der Waals surface area contributed by atoms with Crippen molar-refractivity contribution in [3.63, 3.8) is 0 Å². The Bertz CT molecular complexity index is 843. The van der Waals surface area contributed by atoms with Gasteiger partial charge in [0.15, 0.2) is 11.3 Å². The van der Waals surface area contributed by atoms with Gasteiger partial charge < -0.3 is 9.80 Å². The van der Waals surface area contributed by atoms with Crippen molar-refractivity contribution in [3.05, 3.63) is 60.6 Å². The summed E-state index contributed by atoms with van der Waals surface area (Å²) in [5.74, 6) is 0.424. The van der Waals surface area contributed by atoms with E-state index in [4.69, 9.17) is 0 Å².